The predicted octanol–water partition coefficient (Wildman–Crippen LogP) is 2.53. The second-order valence-electron chi connectivity index (χ2n) is 4.24. The maximum absolute atomic E-state index is 12.2. The third-order valence-corrected chi connectivity index (χ3v) is 5.90. The lowest BCUT2D eigenvalue weighted by Gasteiger charge is -2.11. The molecule has 0 amide bonds. The number of aryl methyl sites for hydroxylation is 1. The molecular formula is C13H18O4S2. The van der Waals surface area contributed by atoms with Crippen LogP contribution >= 0.6 is 11.8 Å². The molecule has 0 saturated heterocycles. The number of thioether (sulfide) groups is 1. The molecule has 0 radical (unpaired) electrons. The van der Waals surface area contributed by atoms with Crippen LogP contribution < -0.4 is 0 Å². The zero-order valence-corrected chi connectivity index (χ0v) is 12.9. The number of hydrogen-bond acceptors (Lipinski definition) is 4. The molecule has 6 heteroatoms. The van der Waals surface area contributed by atoms with Crippen LogP contribution in [0.15, 0.2) is 17.0 Å². The van der Waals surface area contributed by atoms with Crippen LogP contribution in [0.1, 0.15) is 28.4 Å². The van der Waals surface area contributed by atoms with Crippen molar-refractivity contribution in [2.45, 2.75) is 25.7 Å². The van der Waals surface area contributed by atoms with Gasteiger partial charge in [0.1, 0.15) is 0 Å². The summed E-state index contributed by atoms with van der Waals surface area (Å²) in [6, 6.07) is 2.76. The zero-order chi connectivity index (χ0) is 14.6. The Balaban J connectivity index is 3.21. The summed E-state index contributed by atoms with van der Waals surface area (Å²) in [5, 5.41) is 9.01. The third kappa shape index (κ3) is 3.98. The number of carboxylic acid groups (broad SMARTS) is 1. The molecule has 0 aliphatic heterocycles. The van der Waals surface area contributed by atoms with Gasteiger partial charge in [-0.3, -0.25) is 0 Å². The number of carboxylic acids is 1. The third-order valence-electron chi connectivity index (χ3n) is 2.90. The topological polar surface area (TPSA) is 71.4 Å². The number of sulfone groups is 1. The Morgan fingerprint density at radius 3 is 2.47 bits per heavy atom. The molecule has 0 fully saturated rings. The minimum absolute atomic E-state index is 0.0184. The van der Waals surface area contributed by atoms with Crippen LogP contribution in [0.25, 0.3) is 0 Å². The summed E-state index contributed by atoms with van der Waals surface area (Å²) in [4.78, 5) is 11.1. The molecule has 1 N–H and O–H groups in total. The number of carbonyl (C=O) groups is 1. The average Bonchev–Trinajstić information content (AvgIpc) is 2.32. The molecule has 0 bridgehead atoms. The largest absolute Gasteiger partial charge is 0.478 e. The molecule has 0 aliphatic rings. The molecule has 0 heterocycles. The Bertz CT molecular complexity index is 577. The normalized spacial score (nSPS) is 11.5. The van der Waals surface area contributed by atoms with E-state index >= 15 is 0 Å². The van der Waals surface area contributed by atoms with Crippen LogP contribution in [0.3, 0.4) is 0 Å². The fraction of sp³-hybridized carbons (Fsp3) is 0.462. The smallest absolute Gasteiger partial charge is 0.335 e. The fourth-order valence-electron chi connectivity index (χ4n) is 1.70. The molecule has 0 aliphatic carbocycles. The van der Waals surface area contributed by atoms with Crippen molar-refractivity contribution in [3.63, 3.8) is 0 Å². The quantitative estimate of drug-likeness (QED) is 0.818. The van der Waals surface area contributed by atoms with Gasteiger partial charge < -0.3 is 5.11 Å². The molecule has 0 spiro atoms. The highest BCUT2D eigenvalue weighted by Gasteiger charge is 2.20. The highest BCUT2D eigenvalue weighted by atomic mass is 32.2. The van der Waals surface area contributed by atoms with Crippen molar-refractivity contribution in [1.29, 1.82) is 0 Å². The van der Waals surface area contributed by atoms with Crippen molar-refractivity contribution in [2.75, 3.05) is 17.3 Å². The van der Waals surface area contributed by atoms with Gasteiger partial charge >= 0.3 is 5.97 Å². The molecule has 1 aromatic rings. The van der Waals surface area contributed by atoms with Gasteiger partial charge in [0.05, 0.1) is 16.2 Å². The van der Waals surface area contributed by atoms with E-state index in [-0.39, 0.29) is 16.2 Å². The molecule has 4 nitrogen and oxygen atoms in total. The van der Waals surface area contributed by atoms with E-state index in [1.807, 2.05) is 6.92 Å². The van der Waals surface area contributed by atoms with E-state index in [2.05, 4.69) is 0 Å². The van der Waals surface area contributed by atoms with Crippen molar-refractivity contribution in [1.82, 2.24) is 0 Å². The van der Waals surface area contributed by atoms with E-state index in [4.69, 9.17) is 5.11 Å². The monoisotopic (exact) mass is 302 g/mol. The molecule has 0 aromatic heterocycles. The molecule has 106 valence electrons. The second-order valence-corrected chi connectivity index (χ2v) is 7.71. The summed E-state index contributed by atoms with van der Waals surface area (Å²) in [6.45, 7) is 5.40. The minimum atomic E-state index is -3.43. The maximum atomic E-state index is 12.2. The zero-order valence-electron chi connectivity index (χ0n) is 11.3. The molecular weight excluding hydrogens is 284 g/mol. The van der Waals surface area contributed by atoms with Crippen molar-refractivity contribution >= 4 is 27.6 Å². The first kappa shape index (κ1) is 16.0. The highest BCUT2D eigenvalue weighted by Crippen LogP contribution is 2.23. The lowest BCUT2D eigenvalue weighted by atomic mass is 10.1. The van der Waals surface area contributed by atoms with Gasteiger partial charge in [0.2, 0.25) is 0 Å². The molecule has 0 saturated carbocycles. The van der Waals surface area contributed by atoms with Crippen LogP contribution in [0, 0.1) is 13.8 Å². The van der Waals surface area contributed by atoms with Crippen molar-refractivity contribution in [2.24, 2.45) is 0 Å². The van der Waals surface area contributed by atoms with Gasteiger partial charge in [-0.05, 0) is 42.9 Å². The van der Waals surface area contributed by atoms with Gasteiger partial charge in [-0.1, -0.05) is 6.92 Å². The van der Waals surface area contributed by atoms with E-state index in [0.29, 0.717) is 16.9 Å². The standard InChI is InChI=1S/C13H18O4S2/c1-4-18-5-6-19(16,17)12-8-11(13(14)15)7-9(2)10(12)3/h7-8H,4-6H2,1-3H3,(H,14,15). The molecule has 1 aromatic carbocycles. The van der Waals surface area contributed by atoms with E-state index in [1.165, 1.54) is 12.1 Å². The lowest BCUT2D eigenvalue weighted by Crippen LogP contribution is -2.13. The van der Waals surface area contributed by atoms with Crippen molar-refractivity contribution in [3.8, 4) is 0 Å². The van der Waals surface area contributed by atoms with E-state index in [9.17, 15) is 13.2 Å². The summed E-state index contributed by atoms with van der Waals surface area (Å²) in [5.41, 5.74) is 1.33. The van der Waals surface area contributed by atoms with Gasteiger partial charge in [-0.25, -0.2) is 13.2 Å². The van der Waals surface area contributed by atoms with Crippen LogP contribution in [0.5, 0.6) is 0 Å². The molecule has 19 heavy (non-hydrogen) atoms. The number of benzene rings is 1. The van der Waals surface area contributed by atoms with Crippen molar-refractivity contribution < 1.29 is 18.3 Å². The fourth-order valence-corrected chi connectivity index (χ4v) is 4.49. The summed E-state index contributed by atoms with van der Waals surface area (Å²) >= 11 is 1.55. The van der Waals surface area contributed by atoms with Gasteiger partial charge in [-0.2, -0.15) is 11.8 Å². The van der Waals surface area contributed by atoms with Crippen LogP contribution in [0.4, 0.5) is 0 Å². The van der Waals surface area contributed by atoms with Gasteiger partial charge in [0.15, 0.2) is 9.84 Å². The maximum Gasteiger partial charge on any atom is 0.335 e. The van der Waals surface area contributed by atoms with Crippen molar-refractivity contribution in [3.05, 3.63) is 28.8 Å². The highest BCUT2D eigenvalue weighted by molar-refractivity contribution is 8.00. The average molecular weight is 302 g/mol. The SMILES string of the molecule is CCSCCS(=O)(=O)c1cc(C(=O)O)cc(C)c1C. The molecule has 0 atom stereocenters. The van der Waals surface area contributed by atoms with Crippen LogP contribution in [-0.4, -0.2) is 36.8 Å². The Kier molecular flexibility index (Phi) is 5.43. The summed E-state index contributed by atoms with van der Waals surface area (Å²) in [5.74, 6) is 0.314. The Labute approximate surface area is 118 Å². The summed E-state index contributed by atoms with van der Waals surface area (Å²) in [7, 11) is -3.43. The van der Waals surface area contributed by atoms with Gasteiger partial charge in [0.25, 0.3) is 0 Å². The van der Waals surface area contributed by atoms with E-state index in [0.717, 1.165) is 5.75 Å². The van der Waals surface area contributed by atoms with E-state index < -0.39 is 15.8 Å². The first-order valence-corrected chi connectivity index (χ1v) is 8.75. The molecule has 1 rings (SSSR count). The lowest BCUT2D eigenvalue weighted by molar-refractivity contribution is 0.0696. The van der Waals surface area contributed by atoms with Gasteiger partial charge in [0, 0.05) is 5.75 Å². The van der Waals surface area contributed by atoms with E-state index in [1.54, 1.807) is 25.6 Å². The number of aromatic carboxylic acids is 1. The van der Waals surface area contributed by atoms with Crippen LogP contribution in [-0.2, 0) is 9.84 Å². The predicted molar refractivity (Wildman–Crippen MR) is 77.9 cm³/mol. The number of hydrogen-bond donors (Lipinski definition) is 1. The Hall–Kier alpha value is -1.01. The second kappa shape index (κ2) is 6.43. The van der Waals surface area contributed by atoms with Crippen LogP contribution in [0.2, 0.25) is 0 Å². The summed E-state index contributed by atoms with van der Waals surface area (Å²) < 4.78 is 24.5. The number of rotatable bonds is 6. The minimum Gasteiger partial charge on any atom is -0.478 e. The summed E-state index contributed by atoms with van der Waals surface area (Å²) in [6.07, 6.45) is 0. The molecule has 0 unspecified atom stereocenters. The Morgan fingerprint density at radius 2 is 1.95 bits per heavy atom. The Morgan fingerprint density at radius 1 is 1.32 bits per heavy atom. The van der Waals surface area contributed by atoms with Gasteiger partial charge in [-0.15, -0.1) is 0 Å². The first-order chi connectivity index (χ1) is 8.79. The first-order valence-electron chi connectivity index (χ1n) is 5.94.